The van der Waals surface area contributed by atoms with Crippen molar-refractivity contribution < 1.29 is 23.5 Å². The maximum absolute atomic E-state index is 15.2. The maximum atomic E-state index is 15.2. The van der Waals surface area contributed by atoms with E-state index in [1.807, 2.05) is 58.0 Å². The van der Waals surface area contributed by atoms with Crippen LogP contribution in [-0.4, -0.2) is 47.1 Å². The van der Waals surface area contributed by atoms with Crippen LogP contribution in [0.2, 0.25) is 0 Å². The smallest absolute Gasteiger partial charge is 0.305 e. The molecule has 0 aliphatic rings. The van der Waals surface area contributed by atoms with Crippen molar-refractivity contribution in [3.8, 4) is 11.1 Å². The van der Waals surface area contributed by atoms with Crippen LogP contribution in [0, 0.1) is 25.5 Å². The zero-order valence-corrected chi connectivity index (χ0v) is 23.6. The van der Waals surface area contributed by atoms with Gasteiger partial charge in [-0.1, -0.05) is 37.6 Å². The summed E-state index contributed by atoms with van der Waals surface area (Å²) < 4.78 is 31.5. The van der Waals surface area contributed by atoms with Gasteiger partial charge < -0.3 is 19.9 Å². The van der Waals surface area contributed by atoms with Crippen LogP contribution in [0.5, 0.6) is 0 Å². The van der Waals surface area contributed by atoms with E-state index in [1.165, 1.54) is 16.7 Å². The average Bonchev–Trinajstić information content (AvgIpc) is 2.88. The summed E-state index contributed by atoms with van der Waals surface area (Å²) in [5.74, 6) is -4.30. The molecule has 2 unspecified atom stereocenters. The first-order valence-electron chi connectivity index (χ1n) is 13.4. The van der Waals surface area contributed by atoms with E-state index in [0.29, 0.717) is 30.4 Å². The number of pyridine rings is 1. The molecule has 0 saturated carbocycles. The molecule has 9 heteroatoms. The number of amides is 1. The predicted molar refractivity (Wildman–Crippen MR) is 151 cm³/mol. The van der Waals surface area contributed by atoms with Gasteiger partial charge in [0, 0.05) is 24.4 Å². The van der Waals surface area contributed by atoms with Gasteiger partial charge in [-0.2, -0.15) is 0 Å². The van der Waals surface area contributed by atoms with Crippen LogP contribution in [0.3, 0.4) is 0 Å². The van der Waals surface area contributed by atoms with E-state index in [2.05, 4.69) is 5.32 Å². The molecule has 40 heavy (non-hydrogen) atoms. The Labute approximate surface area is 233 Å². The summed E-state index contributed by atoms with van der Waals surface area (Å²) >= 11 is 0. The summed E-state index contributed by atoms with van der Waals surface area (Å²) in [6.45, 7) is 6.29. The summed E-state index contributed by atoms with van der Waals surface area (Å²) in [5, 5.41) is 12.2. The van der Waals surface area contributed by atoms with Crippen molar-refractivity contribution >= 4 is 11.9 Å². The number of carboxylic acids is 1. The van der Waals surface area contributed by atoms with Gasteiger partial charge >= 0.3 is 5.97 Å². The molecule has 0 aliphatic heterocycles. The number of benzene rings is 2. The second kappa shape index (κ2) is 13.5. The number of aryl methyl sites for hydroxylation is 2. The SMILES string of the molecule is CCCC(C(=O)NC(CC(=O)O)c1cc(-c2c(C)cccc2C)cc(F)c1F)n1cc(CCN(C)C)ccc1=O. The first-order valence-corrected chi connectivity index (χ1v) is 13.4. The number of hydrogen-bond donors (Lipinski definition) is 2. The highest BCUT2D eigenvalue weighted by Gasteiger charge is 2.29. The molecule has 1 heterocycles. The lowest BCUT2D eigenvalue weighted by molar-refractivity contribution is -0.138. The van der Waals surface area contributed by atoms with Crippen LogP contribution in [0.15, 0.2) is 53.5 Å². The number of likely N-dealkylation sites (N-methyl/N-ethyl adjacent to an activating group) is 1. The molecular weight excluding hydrogens is 516 g/mol. The molecule has 2 N–H and O–H groups in total. The first kappa shape index (κ1) is 30.7. The molecule has 0 spiro atoms. The zero-order chi connectivity index (χ0) is 29.6. The van der Waals surface area contributed by atoms with Gasteiger partial charge in [0.2, 0.25) is 5.91 Å². The molecule has 0 bridgehead atoms. The quantitative estimate of drug-likeness (QED) is 0.322. The third kappa shape index (κ3) is 7.41. The van der Waals surface area contributed by atoms with Gasteiger partial charge in [0.05, 0.1) is 12.5 Å². The molecule has 0 aliphatic carbocycles. The highest BCUT2D eigenvalue weighted by molar-refractivity contribution is 5.82. The molecule has 1 aromatic heterocycles. The van der Waals surface area contributed by atoms with Crippen LogP contribution < -0.4 is 10.9 Å². The first-order chi connectivity index (χ1) is 18.9. The lowest BCUT2D eigenvalue weighted by Gasteiger charge is -2.25. The third-order valence-corrected chi connectivity index (χ3v) is 6.94. The van der Waals surface area contributed by atoms with Gasteiger partial charge in [0.25, 0.3) is 5.56 Å². The Bertz CT molecular complexity index is 1410. The summed E-state index contributed by atoms with van der Waals surface area (Å²) in [4.78, 5) is 40.2. The monoisotopic (exact) mass is 553 g/mol. The maximum Gasteiger partial charge on any atom is 0.305 e. The molecule has 3 aromatic rings. The van der Waals surface area contributed by atoms with E-state index < -0.39 is 42.0 Å². The molecule has 214 valence electrons. The minimum atomic E-state index is -1.37. The lowest BCUT2D eigenvalue weighted by atomic mass is 9.92. The number of hydrogen-bond acceptors (Lipinski definition) is 4. The molecular formula is C31H37F2N3O4. The Balaban J connectivity index is 2.04. The molecule has 3 rings (SSSR count). The standard InChI is InChI=1S/C31H37F2N3O4/c1-6-8-26(36-18-21(11-12-27(36)37)13-14-35(4)5)31(40)34-25(17-28(38)39)23-15-22(16-24(32)30(23)33)29-19(2)9-7-10-20(29)3/h7,9-12,15-16,18,25-26H,6,8,13-14,17H2,1-5H3,(H,34,40)(H,38,39). The van der Waals surface area contributed by atoms with E-state index in [4.69, 9.17) is 0 Å². The van der Waals surface area contributed by atoms with Crippen LogP contribution in [-0.2, 0) is 16.0 Å². The Morgan fingerprint density at radius 3 is 2.35 bits per heavy atom. The summed E-state index contributed by atoms with van der Waals surface area (Å²) in [6.07, 6.45) is 2.47. The number of carboxylic acid groups (broad SMARTS) is 1. The summed E-state index contributed by atoms with van der Waals surface area (Å²) in [5.41, 5.74) is 2.97. The minimum Gasteiger partial charge on any atom is -0.481 e. The van der Waals surface area contributed by atoms with E-state index >= 15 is 4.39 Å². The van der Waals surface area contributed by atoms with Gasteiger partial charge in [-0.05, 0) is 80.7 Å². The Morgan fingerprint density at radius 2 is 1.75 bits per heavy atom. The van der Waals surface area contributed by atoms with E-state index in [9.17, 15) is 23.9 Å². The van der Waals surface area contributed by atoms with Gasteiger partial charge in [0.15, 0.2) is 11.6 Å². The second-order valence-corrected chi connectivity index (χ2v) is 10.4. The van der Waals surface area contributed by atoms with Crippen LogP contribution in [0.25, 0.3) is 11.1 Å². The number of carbonyl (C=O) groups is 2. The molecule has 0 radical (unpaired) electrons. The molecule has 0 fully saturated rings. The van der Waals surface area contributed by atoms with Crippen molar-refractivity contribution in [3.05, 3.63) is 92.9 Å². The molecule has 2 atom stereocenters. The molecule has 0 saturated heterocycles. The van der Waals surface area contributed by atoms with Gasteiger partial charge in [-0.15, -0.1) is 0 Å². The van der Waals surface area contributed by atoms with Crippen molar-refractivity contribution in [2.75, 3.05) is 20.6 Å². The number of nitrogens with one attached hydrogen (secondary N) is 1. The Morgan fingerprint density at radius 1 is 1.07 bits per heavy atom. The van der Waals surface area contributed by atoms with Crippen LogP contribution >= 0.6 is 0 Å². The normalized spacial score (nSPS) is 12.8. The molecule has 2 aromatic carbocycles. The summed E-state index contributed by atoms with van der Waals surface area (Å²) in [6, 6.07) is 8.81. The van der Waals surface area contributed by atoms with Crippen molar-refractivity contribution in [1.29, 1.82) is 0 Å². The van der Waals surface area contributed by atoms with E-state index in [1.54, 1.807) is 12.3 Å². The number of aliphatic carboxylic acids is 1. The van der Waals surface area contributed by atoms with Gasteiger partial charge in [0.1, 0.15) is 6.04 Å². The topological polar surface area (TPSA) is 91.6 Å². The zero-order valence-electron chi connectivity index (χ0n) is 23.6. The van der Waals surface area contributed by atoms with Gasteiger partial charge in [-0.25, -0.2) is 8.78 Å². The predicted octanol–water partition coefficient (Wildman–Crippen LogP) is 5.19. The fraction of sp³-hybridized carbons (Fsp3) is 0.387. The Hall–Kier alpha value is -3.85. The average molecular weight is 554 g/mol. The van der Waals surface area contributed by atoms with Gasteiger partial charge in [-0.3, -0.25) is 14.4 Å². The Kier molecular flexibility index (Phi) is 10.3. The lowest BCUT2D eigenvalue weighted by Crippen LogP contribution is -2.40. The largest absolute Gasteiger partial charge is 0.481 e. The van der Waals surface area contributed by atoms with Crippen LogP contribution in [0.4, 0.5) is 8.78 Å². The van der Waals surface area contributed by atoms with Crippen molar-refractivity contribution in [3.63, 3.8) is 0 Å². The fourth-order valence-electron chi connectivity index (χ4n) is 4.92. The van der Waals surface area contributed by atoms with E-state index in [0.717, 1.165) is 29.3 Å². The third-order valence-electron chi connectivity index (χ3n) is 6.94. The molecule has 7 nitrogen and oxygen atoms in total. The fourth-order valence-corrected chi connectivity index (χ4v) is 4.92. The highest BCUT2D eigenvalue weighted by Crippen LogP contribution is 2.33. The van der Waals surface area contributed by atoms with Crippen molar-refractivity contribution in [2.45, 2.75) is 58.5 Å². The van der Waals surface area contributed by atoms with Crippen molar-refractivity contribution in [1.82, 2.24) is 14.8 Å². The summed E-state index contributed by atoms with van der Waals surface area (Å²) in [7, 11) is 3.87. The van der Waals surface area contributed by atoms with Crippen LogP contribution in [0.1, 0.15) is 60.5 Å². The minimum absolute atomic E-state index is 0.268. The molecule has 1 amide bonds. The van der Waals surface area contributed by atoms with Crippen molar-refractivity contribution in [2.24, 2.45) is 0 Å². The number of halogens is 2. The second-order valence-electron chi connectivity index (χ2n) is 10.4. The number of rotatable bonds is 12. The highest BCUT2D eigenvalue weighted by atomic mass is 19.2. The number of aromatic nitrogens is 1. The number of nitrogens with zero attached hydrogens (tertiary/aromatic N) is 2. The number of carbonyl (C=O) groups excluding carboxylic acids is 1. The van der Waals surface area contributed by atoms with E-state index in [-0.39, 0.29) is 11.1 Å².